The Balaban J connectivity index is 1.52. The molecule has 0 saturated heterocycles. The van der Waals surface area contributed by atoms with E-state index in [1.807, 2.05) is 11.3 Å². The van der Waals surface area contributed by atoms with E-state index in [1.54, 1.807) is 0 Å². The molecule has 0 atom stereocenters. The molecule has 0 N–H and O–H groups in total. The quantitative estimate of drug-likeness (QED) is 0.198. The van der Waals surface area contributed by atoms with Crippen LogP contribution in [-0.4, -0.2) is 5.54 Å². The van der Waals surface area contributed by atoms with Gasteiger partial charge in [0.1, 0.15) is 0 Å². The number of benzene rings is 4. The third-order valence-electron chi connectivity index (χ3n) is 7.32. The molecule has 0 fully saturated rings. The maximum Gasteiger partial charge on any atom is 0.0423 e. The number of aryl methyl sites for hydroxylation is 1. The van der Waals surface area contributed by atoms with Gasteiger partial charge in [-0.05, 0) is 86.2 Å². The molecule has 184 valence electrons. The molecular formula is C34H37NS. The van der Waals surface area contributed by atoms with Gasteiger partial charge in [-0.15, -0.1) is 11.3 Å². The molecule has 1 aromatic heterocycles. The van der Waals surface area contributed by atoms with E-state index >= 15 is 0 Å². The van der Waals surface area contributed by atoms with Crippen molar-refractivity contribution < 1.29 is 0 Å². The molecular weight excluding hydrogens is 454 g/mol. The Kier molecular flexibility index (Phi) is 7.16. The van der Waals surface area contributed by atoms with Gasteiger partial charge in [0.15, 0.2) is 0 Å². The van der Waals surface area contributed by atoms with Gasteiger partial charge in [-0.3, -0.25) is 0 Å². The summed E-state index contributed by atoms with van der Waals surface area (Å²) in [4.78, 5) is 2.54. The summed E-state index contributed by atoms with van der Waals surface area (Å²) in [7, 11) is 0. The minimum absolute atomic E-state index is 0.00328. The number of thiophene rings is 1. The number of rotatable bonds is 9. The zero-order valence-corrected chi connectivity index (χ0v) is 22.9. The van der Waals surface area contributed by atoms with Gasteiger partial charge in [0.05, 0.1) is 0 Å². The van der Waals surface area contributed by atoms with E-state index in [1.165, 1.54) is 67.5 Å². The van der Waals surface area contributed by atoms with Crippen molar-refractivity contribution in [2.45, 2.75) is 65.3 Å². The number of hydrogen-bond acceptors (Lipinski definition) is 2. The Morgan fingerprint density at radius 3 is 2.00 bits per heavy atom. The van der Waals surface area contributed by atoms with Gasteiger partial charge in [-0.2, -0.15) is 0 Å². The molecule has 4 aromatic carbocycles. The average molecular weight is 492 g/mol. The topological polar surface area (TPSA) is 3.24 Å². The van der Waals surface area contributed by atoms with Gasteiger partial charge in [-0.25, -0.2) is 0 Å². The van der Waals surface area contributed by atoms with Crippen molar-refractivity contribution in [3.05, 3.63) is 96.6 Å². The molecule has 2 heteroatoms. The number of fused-ring (bicyclic) bond motifs is 3. The molecule has 0 amide bonds. The third-order valence-corrected chi connectivity index (χ3v) is 8.47. The molecule has 0 spiro atoms. The van der Waals surface area contributed by atoms with Gasteiger partial charge >= 0.3 is 0 Å². The van der Waals surface area contributed by atoms with Crippen LogP contribution in [0.4, 0.5) is 11.4 Å². The molecule has 0 aliphatic heterocycles. The van der Waals surface area contributed by atoms with Crippen LogP contribution in [0.3, 0.4) is 0 Å². The fraction of sp³-hybridized carbons (Fsp3) is 0.294. The van der Waals surface area contributed by atoms with Crippen molar-refractivity contribution in [1.29, 1.82) is 0 Å². The Labute approximate surface area is 220 Å². The third kappa shape index (κ3) is 4.92. The van der Waals surface area contributed by atoms with Crippen LogP contribution in [0, 0.1) is 0 Å². The summed E-state index contributed by atoms with van der Waals surface area (Å²) < 4.78 is 2.71. The average Bonchev–Trinajstić information content (AvgIpc) is 3.26. The highest BCUT2D eigenvalue weighted by Gasteiger charge is 2.28. The lowest BCUT2D eigenvalue weighted by molar-refractivity contribution is 0.459. The molecule has 0 bridgehead atoms. The fourth-order valence-electron chi connectivity index (χ4n) is 5.47. The van der Waals surface area contributed by atoms with Crippen molar-refractivity contribution in [1.82, 2.24) is 0 Å². The molecule has 5 rings (SSSR count). The minimum Gasteiger partial charge on any atom is -0.336 e. The predicted molar refractivity (Wildman–Crippen MR) is 161 cm³/mol. The summed E-state index contributed by atoms with van der Waals surface area (Å²) in [6.45, 7) is 9.27. The van der Waals surface area contributed by atoms with Crippen LogP contribution in [-0.2, 0) is 6.42 Å². The summed E-state index contributed by atoms with van der Waals surface area (Å²) >= 11 is 1.88. The van der Waals surface area contributed by atoms with Crippen molar-refractivity contribution in [2.75, 3.05) is 4.90 Å². The fourth-order valence-corrected chi connectivity index (χ4v) is 6.56. The van der Waals surface area contributed by atoms with Gasteiger partial charge in [0.2, 0.25) is 0 Å². The standard InChI is InChI=1S/C34H37NS/c1-5-7-10-25-13-15-26(16-14-25)27-17-19-28(20-18-27)35(34(3,4)23-6-2)29-21-22-33-31(24-29)30-11-8-9-12-32(30)36-33/h8-9,11-22,24H,5-7,10,23H2,1-4H3. The number of nitrogens with zero attached hydrogens (tertiary/aromatic N) is 1. The molecule has 5 aromatic rings. The lowest BCUT2D eigenvalue weighted by atomic mass is 9.93. The van der Waals surface area contributed by atoms with Crippen LogP contribution in [0.25, 0.3) is 31.3 Å². The van der Waals surface area contributed by atoms with Gasteiger partial charge < -0.3 is 4.90 Å². The normalized spacial score (nSPS) is 11.9. The highest BCUT2D eigenvalue weighted by atomic mass is 32.1. The first-order chi connectivity index (χ1) is 17.5. The Morgan fingerprint density at radius 1 is 0.667 bits per heavy atom. The van der Waals surface area contributed by atoms with Crippen LogP contribution in [0.5, 0.6) is 0 Å². The lowest BCUT2D eigenvalue weighted by Crippen LogP contribution is -2.40. The van der Waals surface area contributed by atoms with Crippen LogP contribution in [0.15, 0.2) is 91.0 Å². The lowest BCUT2D eigenvalue weighted by Gasteiger charge is -2.41. The van der Waals surface area contributed by atoms with E-state index in [9.17, 15) is 0 Å². The monoisotopic (exact) mass is 491 g/mol. The summed E-state index contributed by atoms with van der Waals surface area (Å²) in [5, 5.41) is 2.70. The van der Waals surface area contributed by atoms with Crippen molar-refractivity contribution in [3.63, 3.8) is 0 Å². The first-order valence-electron chi connectivity index (χ1n) is 13.4. The largest absolute Gasteiger partial charge is 0.336 e. The maximum atomic E-state index is 2.54. The number of unbranched alkanes of at least 4 members (excludes halogenated alkanes) is 1. The zero-order valence-electron chi connectivity index (χ0n) is 22.1. The molecule has 1 heterocycles. The number of anilines is 2. The van der Waals surface area contributed by atoms with Crippen LogP contribution in [0.2, 0.25) is 0 Å². The molecule has 0 unspecified atom stereocenters. The van der Waals surface area contributed by atoms with Crippen LogP contribution < -0.4 is 4.90 Å². The van der Waals surface area contributed by atoms with E-state index in [2.05, 4.69) is 124 Å². The second-order valence-electron chi connectivity index (χ2n) is 10.5. The van der Waals surface area contributed by atoms with Gasteiger partial charge in [0.25, 0.3) is 0 Å². The van der Waals surface area contributed by atoms with Gasteiger partial charge in [0, 0.05) is 37.1 Å². The first kappa shape index (κ1) is 24.6. The van der Waals surface area contributed by atoms with Crippen LogP contribution in [0.1, 0.15) is 58.9 Å². The Bertz CT molecular complexity index is 1440. The van der Waals surface area contributed by atoms with Crippen molar-refractivity contribution in [2.24, 2.45) is 0 Å². The molecule has 36 heavy (non-hydrogen) atoms. The predicted octanol–water partition coefficient (Wildman–Crippen LogP) is 10.8. The molecule has 1 nitrogen and oxygen atoms in total. The highest BCUT2D eigenvalue weighted by Crippen LogP contribution is 2.41. The molecule has 0 aliphatic rings. The summed E-state index contributed by atoms with van der Waals surface area (Å²) in [5.74, 6) is 0. The Hall–Kier alpha value is -3.10. The smallest absolute Gasteiger partial charge is 0.0423 e. The second kappa shape index (κ2) is 10.5. The second-order valence-corrected chi connectivity index (χ2v) is 11.6. The molecule has 0 radical (unpaired) electrons. The zero-order chi connectivity index (χ0) is 25.1. The van der Waals surface area contributed by atoms with E-state index in [-0.39, 0.29) is 5.54 Å². The highest BCUT2D eigenvalue weighted by molar-refractivity contribution is 7.25. The Morgan fingerprint density at radius 2 is 1.31 bits per heavy atom. The van der Waals surface area contributed by atoms with E-state index < -0.39 is 0 Å². The SMILES string of the molecule is CCCCc1ccc(-c2ccc(N(c3ccc4sc5ccccc5c4c3)C(C)(C)CCC)cc2)cc1. The van der Waals surface area contributed by atoms with Crippen molar-refractivity contribution >= 4 is 42.9 Å². The van der Waals surface area contributed by atoms with E-state index in [0.717, 1.165) is 12.8 Å². The summed E-state index contributed by atoms with van der Waals surface area (Å²) in [6, 6.07) is 34.1. The van der Waals surface area contributed by atoms with E-state index in [4.69, 9.17) is 0 Å². The van der Waals surface area contributed by atoms with Crippen molar-refractivity contribution in [3.8, 4) is 11.1 Å². The molecule has 0 aliphatic carbocycles. The van der Waals surface area contributed by atoms with E-state index in [0.29, 0.717) is 0 Å². The molecule has 0 saturated carbocycles. The summed E-state index contributed by atoms with van der Waals surface area (Å²) in [5.41, 5.74) is 6.49. The van der Waals surface area contributed by atoms with Gasteiger partial charge in [-0.1, -0.05) is 81.3 Å². The number of hydrogen-bond donors (Lipinski definition) is 0. The first-order valence-corrected chi connectivity index (χ1v) is 14.2. The maximum absolute atomic E-state index is 2.54. The van der Waals surface area contributed by atoms with Crippen LogP contribution >= 0.6 is 11.3 Å². The summed E-state index contributed by atoms with van der Waals surface area (Å²) in [6.07, 6.45) is 5.93. The minimum atomic E-state index is -0.00328.